The summed E-state index contributed by atoms with van der Waals surface area (Å²) >= 11 is 0. The molecule has 0 radical (unpaired) electrons. The van der Waals surface area contributed by atoms with E-state index in [9.17, 15) is 19.3 Å². The van der Waals surface area contributed by atoms with Crippen molar-refractivity contribution in [1.82, 2.24) is 9.97 Å². The highest BCUT2D eigenvalue weighted by molar-refractivity contribution is 5.89. The Morgan fingerprint density at radius 3 is 2.33 bits per heavy atom. The molecule has 1 saturated heterocycles. The third-order valence-electron chi connectivity index (χ3n) is 5.21. The molecule has 0 N–H and O–H groups in total. The highest BCUT2D eigenvalue weighted by Gasteiger charge is 2.31. The van der Waals surface area contributed by atoms with Crippen LogP contribution in [0.5, 0.6) is 11.6 Å². The molecule has 33 heavy (non-hydrogen) atoms. The average molecular weight is 453 g/mol. The first-order valence-electron chi connectivity index (χ1n) is 10.1. The molecule has 0 saturated carbocycles. The van der Waals surface area contributed by atoms with Crippen LogP contribution in [0.3, 0.4) is 0 Å². The predicted molar refractivity (Wildman–Crippen MR) is 117 cm³/mol. The Bertz CT molecular complexity index is 1170. The number of nitrogens with zero attached hydrogens (tertiary/aromatic N) is 5. The molecule has 11 heteroatoms. The molecule has 0 unspecified atom stereocenters. The second kappa shape index (κ2) is 9.47. The van der Waals surface area contributed by atoms with Gasteiger partial charge in [0.1, 0.15) is 17.9 Å². The monoisotopic (exact) mass is 453 g/mol. The number of para-hydroxylation sites is 1. The van der Waals surface area contributed by atoms with Crippen LogP contribution in [0.1, 0.15) is 10.4 Å². The number of hydrogen-bond donors (Lipinski definition) is 0. The SMILES string of the molecule is COC(=O)c1ccc(Oc2ncnc(N3CCN(c4ccccc4F)CC3)c2[N+](=O)[O-])cc1. The van der Waals surface area contributed by atoms with E-state index in [4.69, 9.17) is 4.74 Å². The molecule has 2 aromatic carbocycles. The van der Waals surface area contributed by atoms with Gasteiger partial charge in [-0.25, -0.2) is 14.2 Å². The second-order valence-electron chi connectivity index (χ2n) is 7.15. The molecule has 0 bridgehead atoms. The Balaban J connectivity index is 1.54. The normalized spacial score (nSPS) is 13.5. The molecular formula is C22H20FN5O5. The Labute approximate surface area is 188 Å². The standard InChI is InChI=1S/C22H20FN5O5/c1-32-22(29)15-6-8-16(9-7-15)33-21-19(28(30)31)20(24-14-25-21)27-12-10-26(11-13-27)18-5-3-2-4-17(18)23/h2-9,14H,10-13H2,1H3. The Morgan fingerprint density at radius 1 is 1.03 bits per heavy atom. The highest BCUT2D eigenvalue weighted by Crippen LogP contribution is 2.36. The molecule has 4 rings (SSSR count). The number of esters is 1. The Kier molecular flexibility index (Phi) is 6.29. The zero-order valence-electron chi connectivity index (χ0n) is 17.7. The zero-order chi connectivity index (χ0) is 23.4. The van der Waals surface area contributed by atoms with Crippen molar-refractivity contribution in [3.8, 4) is 11.6 Å². The summed E-state index contributed by atoms with van der Waals surface area (Å²) in [4.78, 5) is 34.6. The third-order valence-corrected chi connectivity index (χ3v) is 5.21. The lowest BCUT2D eigenvalue weighted by atomic mass is 10.2. The van der Waals surface area contributed by atoms with E-state index in [1.54, 1.807) is 23.1 Å². The van der Waals surface area contributed by atoms with Crippen LogP contribution < -0.4 is 14.5 Å². The van der Waals surface area contributed by atoms with E-state index >= 15 is 0 Å². The third kappa shape index (κ3) is 4.66. The van der Waals surface area contributed by atoms with Crippen molar-refractivity contribution in [2.45, 2.75) is 0 Å². The molecule has 1 aromatic heterocycles. The van der Waals surface area contributed by atoms with Crippen LogP contribution in [0, 0.1) is 15.9 Å². The molecule has 170 valence electrons. The lowest BCUT2D eigenvalue weighted by molar-refractivity contribution is -0.385. The molecule has 1 fully saturated rings. The van der Waals surface area contributed by atoms with Gasteiger partial charge in [-0.1, -0.05) is 12.1 Å². The second-order valence-corrected chi connectivity index (χ2v) is 7.15. The van der Waals surface area contributed by atoms with E-state index in [2.05, 4.69) is 14.7 Å². The van der Waals surface area contributed by atoms with Gasteiger partial charge in [-0.15, -0.1) is 0 Å². The maximum Gasteiger partial charge on any atom is 0.373 e. The molecule has 3 aromatic rings. The number of benzene rings is 2. The minimum atomic E-state index is -0.587. The maximum atomic E-state index is 14.1. The van der Waals surface area contributed by atoms with Crippen molar-refractivity contribution in [2.75, 3.05) is 43.1 Å². The first-order chi connectivity index (χ1) is 16.0. The average Bonchev–Trinajstić information content (AvgIpc) is 2.84. The van der Waals surface area contributed by atoms with Crippen LogP contribution in [0.4, 0.5) is 21.6 Å². The smallest absolute Gasteiger partial charge is 0.373 e. The van der Waals surface area contributed by atoms with Crippen molar-refractivity contribution in [2.24, 2.45) is 0 Å². The van der Waals surface area contributed by atoms with Crippen LogP contribution >= 0.6 is 0 Å². The minimum Gasteiger partial charge on any atom is -0.465 e. The molecule has 0 aliphatic carbocycles. The van der Waals surface area contributed by atoms with Crippen molar-refractivity contribution in [3.05, 3.63) is 76.4 Å². The van der Waals surface area contributed by atoms with Gasteiger partial charge in [-0.2, -0.15) is 4.98 Å². The van der Waals surface area contributed by atoms with E-state index < -0.39 is 10.9 Å². The van der Waals surface area contributed by atoms with Gasteiger partial charge in [0.05, 0.1) is 23.3 Å². The van der Waals surface area contributed by atoms with Gasteiger partial charge >= 0.3 is 17.5 Å². The quantitative estimate of drug-likeness (QED) is 0.315. The number of carbonyl (C=O) groups excluding carboxylic acids is 1. The van der Waals surface area contributed by atoms with Crippen LogP contribution in [0.25, 0.3) is 0 Å². The number of aromatic nitrogens is 2. The fourth-order valence-corrected chi connectivity index (χ4v) is 3.58. The lowest BCUT2D eigenvalue weighted by Gasteiger charge is -2.36. The van der Waals surface area contributed by atoms with Crippen LogP contribution in [0.2, 0.25) is 0 Å². The number of halogens is 1. The summed E-state index contributed by atoms with van der Waals surface area (Å²) in [5, 5.41) is 11.9. The van der Waals surface area contributed by atoms with Gasteiger partial charge in [0.15, 0.2) is 0 Å². The number of rotatable bonds is 6. The number of carbonyl (C=O) groups is 1. The fourth-order valence-electron chi connectivity index (χ4n) is 3.58. The summed E-state index contributed by atoms with van der Waals surface area (Å²) in [6, 6.07) is 12.4. The summed E-state index contributed by atoms with van der Waals surface area (Å²) in [5.74, 6) is -0.643. The molecule has 1 aliphatic heterocycles. The number of ether oxygens (including phenoxy) is 2. The van der Waals surface area contributed by atoms with Gasteiger partial charge in [0, 0.05) is 26.2 Å². The van der Waals surface area contributed by atoms with Crippen molar-refractivity contribution >= 4 is 23.2 Å². The summed E-state index contributed by atoms with van der Waals surface area (Å²) in [5.41, 5.74) is 0.443. The van der Waals surface area contributed by atoms with Crippen molar-refractivity contribution in [3.63, 3.8) is 0 Å². The van der Waals surface area contributed by atoms with Gasteiger partial charge in [0.25, 0.3) is 0 Å². The lowest BCUT2D eigenvalue weighted by Crippen LogP contribution is -2.47. The van der Waals surface area contributed by atoms with Gasteiger partial charge in [-0.3, -0.25) is 10.1 Å². The number of piperazine rings is 1. The summed E-state index contributed by atoms with van der Waals surface area (Å²) < 4.78 is 24.4. The first kappa shape index (κ1) is 21.9. The van der Waals surface area contributed by atoms with Crippen LogP contribution in [-0.2, 0) is 4.74 Å². The van der Waals surface area contributed by atoms with Gasteiger partial charge in [-0.05, 0) is 36.4 Å². The zero-order valence-corrected chi connectivity index (χ0v) is 17.7. The topological polar surface area (TPSA) is 111 Å². The minimum absolute atomic E-state index is 0.129. The molecule has 10 nitrogen and oxygen atoms in total. The van der Waals surface area contributed by atoms with Crippen LogP contribution in [0.15, 0.2) is 54.9 Å². The molecule has 0 amide bonds. The number of anilines is 2. The van der Waals surface area contributed by atoms with Crippen LogP contribution in [-0.4, -0.2) is 54.1 Å². The number of nitro groups is 1. The molecular weight excluding hydrogens is 433 g/mol. The van der Waals surface area contributed by atoms with Crippen molar-refractivity contribution in [1.29, 1.82) is 0 Å². The number of methoxy groups -OCH3 is 1. The summed E-state index contributed by atoms with van der Waals surface area (Å²) in [7, 11) is 1.27. The molecule has 1 aliphatic rings. The fraction of sp³-hybridized carbons (Fsp3) is 0.227. The largest absolute Gasteiger partial charge is 0.465 e. The van der Waals surface area contributed by atoms with E-state index in [0.717, 1.165) is 0 Å². The van der Waals surface area contributed by atoms with Gasteiger partial charge < -0.3 is 19.3 Å². The Hall–Kier alpha value is -4.28. The summed E-state index contributed by atoms with van der Waals surface area (Å²) in [6.45, 7) is 1.74. The molecule has 2 heterocycles. The number of hydrogen-bond acceptors (Lipinski definition) is 9. The Morgan fingerprint density at radius 2 is 1.70 bits per heavy atom. The molecule has 0 spiro atoms. The van der Waals surface area contributed by atoms with E-state index in [1.165, 1.54) is 43.8 Å². The van der Waals surface area contributed by atoms with E-state index in [1.807, 2.05) is 4.90 Å². The predicted octanol–water partition coefficient (Wildman–Crippen LogP) is 3.43. The summed E-state index contributed by atoms with van der Waals surface area (Å²) in [6.07, 6.45) is 1.20. The van der Waals surface area contributed by atoms with E-state index in [-0.39, 0.29) is 29.0 Å². The van der Waals surface area contributed by atoms with Gasteiger partial charge in [0.2, 0.25) is 5.82 Å². The first-order valence-corrected chi connectivity index (χ1v) is 10.1. The van der Waals surface area contributed by atoms with Crippen molar-refractivity contribution < 1.29 is 23.6 Å². The van der Waals surface area contributed by atoms with E-state index in [0.29, 0.717) is 37.4 Å². The highest BCUT2D eigenvalue weighted by atomic mass is 19.1. The molecule has 0 atom stereocenters. The maximum absolute atomic E-state index is 14.1.